The fourth-order valence-electron chi connectivity index (χ4n) is 5.91. The molecule has 6 nitrogen and oxygen atoms in total. The molecule has 28 heavy (non-hydrogen) atoms. The van der Waals surface area contributed by atoms with Gasteiger partial charge in [-0.3, -0.25) is 9.59 Å². The Hall–Kier alpha value is -2.08. The minimum Gasteiger partial charge on any atom is -0.467 e. The van der Waals surface area contributed by atoms with E-state index in [0.29, 0.717) is 24.3 Å². The molecule has 2 aliphatic heterocycles. The Balaban J connectivity index is 1.34. The second kappa shape index (κ2) is 6.76. The number of carbonyl (C=O) groups excluding carboxylic acids is 2. The predicted octanol–water partition coefficient (Wildman–Crippen LogP) is 2.17. The van der Waals surface area contributed by atoms with Crippen LogP contribution in [-0.2, 0) is 4.79 Å². The van der Waals surface area contributed by atoms with Gasteiger partial charge in [0.05, 0.1) is 5.56 Å². The number of benzene rings is 1. The van der Waals surface area contributed by atoms with Crippen molar-refractivity contribution < 1.29 is 19.4 Å². The van der Waals surface area contributed by atoms with E-state index < -0.39 is 5.72 Å². The first kappa shape index (κ1) is 18.0. The number of aliphatic hydroxyl groups excluding tert-OH is 1. The van der Waals surface area contributed by atoms with Gasteiger partial charge in [-0.15, -0.1) is 0 Å². The second-order valence-electron chi connectivity index (χ2n) is 9.00. The summed E-state index contributed by atoms with van der Waals surface area (Å²) >= 11 is 0. The number of fused-ring (bicyclic) bond motifs is 3. The molecule has 6 heteroatoms. The second-order valence-corrected chi connectivity index (χ2v) is 9.00. The molecule has 0 radical (unpaired) electrons. The summed E-state index contributed by atoms with van der Waals surface area (Å²) in [5.74, 6) is 1.44. The summed E-state index contributed by atoms with van der Waals surface area (Å²) < 4.78 is 6.38. The van der Waals surface area contributed by atoms with E-state index >= 15 is 0 Å². The third kappa shape index (κ3) is 2.81. The third-order valence-corrected chi connectivity index (χ3v) is 7.37. The van der Waals surface area contributed by atoms with E-state index in [-0.39, 0.29) is 42.1 Å². The summed E-state index contributed by atoms with van der Waals surface area (Å²) in [5.41, 5.74) is -0.0775. The van der Waals surface area contributed by atoms with Crippen LogP contribution in [0, 0.1) is 23.7 Å². The molecule has 1 saturated heterocycles. The van der Waals surface area contributed by atoms with Crippen LogP contribution in [-0.4, -0.2) is 47.2 Å². The van der Waals surface area contributed by atoms with Gasteiger partial charge in [0.2, 0.25) is 5.91 Å². The van der Waals surface area contributed by atoms with E-state index in [1.54, 1.807) is 6.07 Å². The Morgan fingerprint density at radius 3 is 2.93 bits per heavy atom. The van der Waals surface area contributed by atoms with E-state index in [2.05, 4.69) is 5.32 Å². The van der Waals surface area contributed by atoms with Crippen LogP contribution in [0.2, 0.25) is 0 Å². The van der Waals surface area contributed by atoms with Gasteiger partial charge in [0.15, 0.2) is 5.72 Å². The number of carbonyl (C=O) groups is 2. The molecule has 3 aliphatic carbocycles. The monoisotopic (exact) mass is 384 g/mol. The fourth-order valence-corrected chi connectivity index (χ4v) is 5.91. The lowest BCUT2D eigenvalue weighted by Gasteiger charge is -2.55. The highest BCUT2D eigenvalue weighted by molar-refractivity contribution is 5.98. The molecule has 2 amide bonds. The molecule has 3 saturated carbocycles. The number of nitrogens with one attached hydrogen (secondary N) is 1. The van der Waals surface area contributed by atoms with Crippen LogP contribution in [0.3, 0.4) is 0 Å². The number of ether oxygens (including phenoxy) is 1. The molecule has 2 heterocycles. The van der Waals surface area contributed by atoms with Gasteiger partial charge in [-0.05, 0) is 56.1 Å². The maximum atomic E-state index is 13.3. The lowest BCUT2D eigenvalue weighted by molar-refractivity contribution is -0.157. The molecule has 0 unspecified atom stereocenters. The van der Waals surface area contributed by atoms with Crippen molar-refractivity contribution >= 4 is 11.8 Å². The molecule has 1 aromatic carbocycles. The Morgan fingerprint density at radius 2 is 2.14 bits per heavy atom. The van der Waals surface area contributed by atoms with Crippen molar-refractivity contribution in [3.63, 3.8) is 0 Å². The third-order valence-electron chi connectivity index (χ3n) is 7.37. The van der Waals surface area contributed by atoms with Gasteiger partial charge >= 0.3 is 0 Å². The maximum absolute atomic E-state index is 13.3. The highest BCUT2D eigenvalue weighted by atomic mass is 16.5. The molecule has 0 aromatic heterocycles. The van der Waals surface area contributed by atoms with E-state index in [0.717, 1.165) is 38.6 Å². The summed E-state index contributed by atoms with van der Waals surface area (Å²) in [6.45, 7) is 1.63. The van der Waals surface area contributed by atoms with Crippen LogP contribution in [0.5, 0.6) is 5.75 Å². The van der Waals surface area contributed by atoms with Crippen molar-refractivity contribution in [1.29, 1.82) is 0 Å². The zero-order valence-corrected chi connectivity index (χ0v) is 16.1. The number of likely N-dealkylation sites (tertiary alicyclic amines) is 1. The molecule has 1 aromatic rings. The molecule has 6 rings (SSSR count). The number of para-hydroxylation sites is 1. The van der Waals surface area contributed by atoms with Crippen molar-refractivity contribution in [3.8, 4) is 5.75 Å². The lowest BCUT2D eigenvalue weighted by Crippen LogP contribution is -2.67. The largest absolute Gasteiger partial charge is 0.467 e. The van der Waals surface area contributed by atoms with Gasteiger partial charge < -0.3 is 20.1 Å². The summed E-state index contributed by atoms with van der Waals surface area (Å²) in [5, 5.41) is 12.6. The molecule has 2 N–H and O–H groups in total. The van der Waals surface area contributed by atoms with Crippen molar-refractivity contribution in [2.45, 2.75) is 44.2 Å². The highest BCUT2D eigenvalue weighted by Crippen LogP contribution is 2.52. The van der Waals surface area contributed by atoms with Crippen LogP contribution < -0.4 is 10.1 Å². The van der Waals surface area contributed by atoms with Gasteiger partial charge in [0.25, 0.3) is 5.91 Å². The number of hydrogen-bond acceptors (Lipinski definition) is 4. The molecule has 5 atom stereocenters. The van der Waals surface area contributed by atoms with Crippen molar-refractivity contribution in [2.75, 3.05) is 19.7 Å². The number of piperidine rings is 1. The quantitative estimate of drug-likeness (QED) is 0.819. The first-order valence-electron chi connectivity index (χ1n) is 10.6. The van der Waals surface area contributed by atoms with E-state index in [4.69, 9.17) is 4.74 Å². The van der Waals surface area contributed by atoms with Crippen molar-refractivity contribution in [1.82, 2.24) is 10.2 Å². The molecule has 2 bridgehead atoms. The lowest BCUT2D eigenvalue weighted by atomic mass is 9.59. The van der Waals surface area contributed by atoms with Crippen LogP contribution >= 0.6 is 0 Å². The average Bonchev–Trinajstić information content (AvgIpc) is 2.73. The number of nitrogens with zero attached hydrogens (tertiary/aromatic N) is 1. The summed E-state index contributed by atoms with van der Waals surface area (Å²) in [6.07, 6.45) is 5.44. The molecule has 1 spiro atoms. The molecular weight excluding hydrogens is 356 g/mol. The average molecular weight is 384 g/mol. The Kier molecular flexibility index (Phi) is 4.34. The molecule has 5 aliphatic rings. The standard InChI is InChI=1S/C22H28N2O4/c25-13-14-4-3-9-24(12-14)21(27)18-10-16-8-7-15(18)11-22(16)23-20(26)17-5-1-2-6-19(17)28-22/h1-2,5-6,14-16,18,25H,3-4,7-13H2,(H,23,26)/t14-,15-,16+,18-,22-/m1/s1. The van der Waals surface area contributed by atoms with Gasteiger partial charge in [-0.25, -0.2) is 0 Å². The SMILES string of the molecule is O=C1N[C@]2(C[C@H]3CC[C@H]2C[C@H]3C(=O)N2CCC[C@@H](CO)C2)Oc2ccccc21. The Bertz CT molecular complexity index is 796. The fraction of sp³-hybridized carbons (Fsp3) is 0.636. The van der Waals surface area contributed by atoms with Gasteiger partial charge in [0, 0.05) is 38.0 Å². The first-order valence-corrected chi connectivity index (χ1v) is 10.6. The van der Waals surface area contributed by atoms with E-state index in [1.807, 2.05) is 23.1 Å². The summed E-state index contributed by atoms with van der Waals surface area (Å²) in [6, 6.07) is 7.40. The Morgan fingerprint density at radius 1 is 1.29 bits per heavy atom. The number of rotatable bonds is 2. The number of aliphatic hydroxyl groups is 1. The van der Waals surface area contributed by atoms with Gasteiger partial charge in [0.1, 0.15) is 5.75 Å². The van der Waals surface area contributed by atoms with Crippen molar-refractivity contribution in [3.05, 3.63) is 29.8 Å². The van der Waals surface area contributed by atoms with Crippen LogP contribution in [0.25, 0.3) is 0 Å². The minimum atomic E-state index is -0.666. The van der Waals surface area contributed by atoms with E-state index in [1.165, 1.54) is 0 Å². The molecular formula is C22H28N2O4. The summed E-state index contributed by atoms with van der Waals surface area (Å²) in [4.78, 5) is 27.9. The number of hydrogen-bond donors (Lipinski definition) is 2. The normalized spacial score (nSPS) is 36.6. The first-order chi connectivity index (χ1) is 13.6. The smallest absolute Gasteiger partial charge is 0.258 e. The zero-order valence-electron chi connectivity index (χ0n) is 16.1. The van der Waals surface area contributed by atoms with Gasteiger partial charge in [-0.2, -0.15) is 0 Å². The van der Waals surface area contributed by atoms with Gasteiger partial charge in [-0.1, -0.05) is 12.1 Å². The van der Waals surface area contributed by atoms with E-state index in [9.17, 15) is 14.7 Å². The van der Waals surface area contributed by atoms with Crippen LogP contribution in [0.1, 0.15) is 48.9 Å². The maximum Gasteiger partial charge on any atom is 0.258 e. The topological polar surface area (TPSA) is 78.9 Å². The zero-order chi connectivity index (χ0) is 19.3. The van der Waals surface area contributed by atoms with Crippen LogP contribution in [0.4, 0.5) is 0 Å². The molecule has 4 fully saturated rings. The predicted molar refractivity (Wildman–Crippen MR) is 103 cm³/mol. The highest BCUT2D eigenvalue weighted by Gasteiger charge is 2.57. The van der Waals surface area contributed by atoms with Crippen molar-refractivity contribution in [2.24, 2.45) is 23.7 Å². The Labute approximate surface area is 165 Å². The minimum absolute atomic E-state index is 0.0134. The van der Waals surface area contributed by atoms with Crippen LogP contribution in [0.15, 0.2) is 24.3 Å². The number of amides is 2. The molecule has 150 valence electrons. The summed E-state index contributed by atoms with van der Waals surface area (Å²) in [7, 11) is 0.